The van der Waals surface area contributed by atoms with Crippen molar-refractivity contribution in [2.75, 3.05) is 19.6 Å². The third-order valence-corrected chi connectivity index (χ3v) is 6.34. The Morgan fingerprint density at radius 1 is 1.29 bits per heavy atom. The van der Waals surface area contributed by atoms with E-state index in [1.165, 1.54) is 10.4 Å². The number of benzene rings is 1. The number of amides is 2. The van der Waals surface area contributed by atoms with Crippen molar-refractivity contribution in [1.29, 1.82) is 0 Å². The maximum absolute atomic E-state index is 13.1. The van der Waals surface area contributed by atoms with E-state index in [9.17, 15) is 9.59 Å². The molecule has 28 heavy (non-hydrogen) atoms. The molecule has 0 saturated carbocycles. The molecule has 3 rings (SSSR count). The van der Waals surface area contributed by atoms with E-state index in [2.05, 4.69) is 47.6 Å². The molecule has 2 heterocycles. The first-order valence-corrected chi connectivity index (χ1v) is 10.8. The van der Waals surface area contributed by atoms with E-state index in [0.29, 0.717) is 25.9 Å². The second-order valence-corrected chi connectivity index (χ2v) is 8.35. The number of hydrogen-bond acceptors (Lipinski definition) is 3. The number of rotatable bonds is 7. The summed E-state index contributed by atoms with van der Waals surface area (Å²) >= 11 is 1.72. The molecule has 2 amide bonds. The third-order valence-electron chi connectivity index (χ3n) is 5.42. The van der Waals surface area contributed by atoms with Gasteiger partial charge in [0, 0.05) is 30.9 Å². The Kier molecular flexibility index (Phi) is 6.68. The van der Waals surface area contributed by atoms with Crippen molar-refractivity contribution >= 4 is 23.2 Å². The average Bonchev–Trinajstić information content (AvgIpc) is 3.27. The zero-order valence-corrected chi connectivity index (χ0v) is 17.3. The summed E-state index contributed by atoms with van der Waals surface area (Å²) in [4.78, 5) is 28.5. The van der Waals surface area contributed by atoms with E-state index >= 15 is 0 Å². The number of hydrogen-bond donors (Lipinski definition) is 1. The lowest BCUT2D eigenvalue weighted by Crippen LogP contribution is -2.54. The summed E-state index contributed by atoms with van der Waals surface area (Å²) in [5.74, 6) is 0.136. The van der Waals surface area contributed by atoms with Gasteiger partial charge in [0.1, 0.15) is 0 Å². The molecule has 2 aromatic rings. The van der Waals surface area contributed by atoms with Crippen molar-refractivity contribution in [1.82, 2.24) is 10.2 Å². The fraction of sp³-hybridized carbons (Fsp3) is 0.391. The number of nitrogens with one attached hydrogen (secondary N) is 1. The van der Waals surface area contributed by atoms with Crippen LogP contribution in [0.15, 0.2) is 54.4 Å². The van der Waals surface area contributed by atoms with Gasteiger partial charge in [-0.05, 0) is 41.8 Å². The van der Waals surface area contributed by atoms with E-state index in [4.69, 9.17) is 0 Å². The first-order valence-electron chi connectivity index (χ1n) is 9.88. The Bertz CT molecular complexity index is 814. The lowest BCUT2D eigenvalue weighted by Gasteiger charge is -2.42. The second kappa shape index (κ2) is 9.20. The Hall–Kier alpha value is -2.40. The van der Waals surface area contributed by atoms with Crippen LogP contribution in [0.2, 0.25) is 0 Å². The van der Waals surface area contributed by atoms with Crippen LogP contribution in [0.5, 0.6) is 0 Å². The maximum Gasteiger partial charge on any atom is 0.228 e. The maximum atomic E-state index is 13.1. The largest absolute Gasteiger partial charge is 0.352 e. The van der Waals surface area contributed by atoms with Gasteiger partial charge in [-0.1, -0.05) is 43.3 Å². The SMILES string of the molecule is C=CCNC(=O)[C@]1(Cc2ccc(-c3cccs3)cc2)CCCN(C(=O)CC)C1. The fourth-order valence-electron chi connectivity index (χ4n) is 3.95. The van der Waals surface area contributed by atoms with Crippen LogP contribution >= 0.6 is 11.3 Å². The molecule has 0 unspecified atom stereocenters. The number of nitrogens with zero attached hydrogens (tertiary/aromatic N) is 1. The summed E-state index contributed by atoms with van der Waals surface area (Å²) < 4.78 is 0. The monoisotopic (exact) mass is 396 g/mol. The molecule has 1 aromatic carbocycles. The Morgan fingerprint density at radius 2 is 2.07 bits per heavy atom. The minimum Gasteiger partial charge on any atom is -0.352 e. The summed E-state index contributed by atoms with van der Waals surface area (Å²) in [6, 6.07) is 12.6. The van der Waals surface area contributed by atoms with E-state index in [-0.39, 0.29) is 11.8 Å². The molecule has 1 saturated heterocycles. The predicted molar refractivity (Wildman–Crippen MR) is 115 cm³/mol. The summed E-state index contributed by atoms with van der Waals surface area (Å²) in [5.41, 5.74) is 1.73. The highest BCUT2D eigenvalue weighted by molar-refractivity contribution is 7.13. The van der Waals surface area contributed by atoms with Crippen molar-refractivity contribution < 1.29 is 9.59 Å². The molecule has 0 spiro atoms. The van der Waals surface area contributed by atoms with E-state index in [1.807, 2.05) is 17.9 Å². The fourth-order valence-corrected chi connectivity index (χ4v) is 4.68. The minimum atomic E-state index is -0.587. The molecule has 1 atom stereocenters. The van der Waals surface area contributed by atoms with Crippen molar-refractivity contribution in [3.63, 3.8) is 0 Å². The minimum absolute atomic E-state index is 0.0170. The van der Waals surface area contributed by atoms with Gasteiger partial charge in [0.25, 0.3) is 0 Å². The van der Waals surface area contributed by atoms with Gasteiger partial charge < -0.3 is 10.2 Å². The van der Waals surface area contributed by atoms with Crippen LogP contribution in [0.25, 0.3) is 10.4 Å². The van der Waals surface area contributed by atoms with Crippen molar-refractivity contribution in [3.05, 3.63) is 60.0 Å². The van der Waals surface area contributed by atoms with Crippen molar-refractivity contribution in [2.24, 2.45) is 5.41 Å². The van der Waals surface area contributed by atoms with Crippen LogP contribution in [0.3, 0.4) is 0 Å². The van der Waals surface area contributed by atoms with Crippen molar-refractivity contribution in [2.45, 2.75) is 32.6 Å². The third kappa shape index (κ3) is 4.53. The topological polar surface area (TPSA) is 49.4 Å². The van der Waals surface area contributed by atoms with Gasteiger partial charge in [0.2, 0.25) is 11.8 Å². The molecular weight excluding hydrogens is 368 g/mol. The molecule has 1 fully saturated rings. The van der Waals surface area contributed by atoms with E-state index in [1.54, 1.807) is 17.4 Å². The zero-order chi connectivity index (χ0) is 20.0. The molecule has 1 N–H and O–H groups in total. The molecule has 0 radical (unpaired) electrons. The molecule has 0 aliphatic carbocycles. The molecule has 1 aliphatic rings. The van der Waals surface area contributed by atoms with Gasteiger partial charge >= 0.3 is 0 Å². The highest BCUT2D eigenvalue weighted by atomic mass is 32.1. The Morgan fingerprint density at radius 3 is 2.71 bits per heavy atom. The second-order valence-electron chi connectivity index (χ2n) is 7.40. The molecule has 0 bridgehead atoms. The first kappa shape index (κ1) is 20.3. The highest BCUT2D eigenvalue weighted by Crippen LogP contribution is 2.35. The normalized spacial score (nSPS) is 19.2. The van der Waals surface area contributed by atoms with Gasteiger partial charge in [-0.3, -0.25) is 9.59 Å². The van der Waals surface area contributed by atoms with E-state index in [0.717, 1.165) is 24.9 Å². The van der Waals surface area contributed by atoms with Crippen LogP contribution < -0.4 is 5.32 Å². The molecule has 1 aromatic heterocycles. The molecule has 148 valence electrons. The first-order chi connectivity index (χ1) is 13.6. The van der Waals surface area contributed by atoms with Crippen LogP contribution in [-0.4, -0.2) is 36.3 Å². The summed E-state index contributed by atoms with van der Waals surface area (Å²) in [5, 5.41) is 5.05. The summed E-state index contributed by atoms with van der Waals surface area (Å²) in [7, 11) is 0. The summed E-state index contributed by atoms with van der Waals surface area (Å²) in [6.07, 6.45) is 4.43. The van der Waals surface area contributed by atoms with Gasteiger partial charge in [-0.25, -0.2) is 0 Å². The Balaban J connectivity index is 1.83. The number of piperidine rings is 1. The quantitative estimate of drug-likeness (QED) is 0.710. The number of carbonyl (C=O) groups excluding carboxylic acids is 2. The van der Waals surface area contributed by atoms with Crippen LogP contribution in [0.4, 0.5) is 0 Å². The summed E-state index contributed by atoms with van der Waals surface area (Å²) in [6.45, 7) is 7.23. The van der Waals surface area contributed by atoms with Gasteiger partial charge in [0.05, 0.1) is 5.41 Å². The Labute approximate surface area is 171 Å². The molecular formula is C23H28N2O2S. The smallest absolute Gasteiger partial charge is 0.228 e. The van der Waals surface area contributed by atoms with Crippen LogP contribution in [-0.2, 0) is 16.0 Å². The molecule has 5 heteroatoms. The van der Waals surface area contributed by atoms with E-state index < -0.39 is 5.41 Å². The highest BCUT2D eigenvalue weighted by Gasteiger charge is 2.43. The zero-order valence-electron chi connectivity index (χ0n) is 16.4. The molecule has 1 aliphatic heterocycles. The predicted octanol–water partition coefficient (Wildman–Crippen LogP) is 4.28. The standard InChI is InChI=1S/C23H28N2O2S/c1-3-13-24-22(27)23(12-6-14-25(17-23)21(26)4-2)16-18-8-10-19(11-9-18)20-7-5-15-28-20/h3,5,7-11,15H,1,4,6,12-14,16-17H2,2H3,(H,24,27)/t23-/m0/s1. The van der Waals surface area contributed by atoms with Gasteiger partial charge in [-0.2, -0.15) is 0 Å². The van der Waals surface area contributed by atoms with Gasteiger partial charge in [0.15, 0.2) is 0 Å². The van der Waals surface area contributed by atoms with Gasteiger partial charge in [-0.15, -0.1) is 17.9 Å². The lowest BCUT2D eigenvalue weighted by atomic mass is 9.74. The molecule has 4 nitrogen and oxygen atoms in total. The number of carbonyl (C=O) groups is 2. The van der Waals surface area contributed by atoms with Crippen molar-refractivity contribution in [3.8, 4) is 10.4 Å². The number of thiophene rings is 1. The lowest BCUT2D eigenvalue weighted by molar-refractivity contribution is -0.141. The van der Waals surface area contributed by atoms with Crippen LogP contribution in [0.1, 0.15) is 31.7 Å². The average molecular weight is 397 g/mol. The number of likely N-dealkylation sites (tertiary alicyclic amines) is 1. The van der Waals surface area contributed by atoms with Crippen LogP contribution in [0, 0.1) is 5.41 Å².